The first kappa shape index (κ1) is 17.2. The average Bonchev–Trinajstić information content (AvgIpc) is 2.37. The number of aliphatic hydroxyl groups is 1. The number of hydrogen-bond donors (Lipinski definition) is 2. The molecule has 1 rings (SSSR count). The maximum Gasteiger partial charge on any atom is 0.490 e. The summed E-state index contributed by atoms with van der Waals surface area (Å²) in [5, 5.41) is 9.86. The van der Waals surface area contributed by atoms with Gasteiger partial charge < -0.3 is 15.6 Å². The van der Waals surface area contributed by atoms with Crippen LogP contribution in [0, 0.1) is 5.92 Å². The van der Waals surface area contributed by atoms with Gasteiger partial charge in [0.1, 0.15) is 12.2 Å². The first-order valence-electron chi connectivity index (χ1n) is 6.93. The van der Waals surface area contributed by atoms with Crippen LogP contribution in [0.4, 0.5) is 13.2 Å². The maximum absolute atomic E-state index is 12.1. The highest BCUT2D eigenvalue weighted by Crippen LogP contribution is 2.28. The number of ether oxygens (including phenoxy) is 1. The Kier molecular flexibility index (Phi) is 6.26. The molecule has 4 nitrogen and oxygen atoms in total. The number of aliphatic hydroxyl groups excluding tert-OH is 1. The molecular formula is C13H22F3NO3. The number of carbonyl (C=O) groups is 1. The Labute approximate surface area is 116 Å². The largest absolute Gasteiger partial charge is 0.490 e. The van der Waals surface area contributed by atoms with Gasteiger partial charge in [-0.05, 0) is 19.3 Å². The summed E-state index contributed by atoms with van der Waals surface area (Å²) < 4.78 is 40.4. The summed E-state index contributed by atoms with van der Waals surface area (Å²) in [5.41, 5.74) is 5.81. The van der Waals surface area contributed by atoms with E-state index in [2.05, 4.69) is 4.74 Å². The second-order valence-electron chi connectivity index (χ2n) is 5.50. The van der Waals surface area contributed by atoms with Gasteiger partial charge in [-0.2, -0.15) is 13.2 Å². The standard InChI is InChI=1S/C13H22F3NO3/c1-8(20-12(19)13(14,15)16)11(18)10(17)7-9-5-3-2-4-6-9/h8-11,18H,2-7,17H2,1H3. The molecule has 0 spiro atoms. The molecule has 20 heavy (non-hydrogen) atoms. The van der Waals surface area contributed by atoms with E-state index < -0.39 is 30.4 Å². The number of rotatable bonds is 5. The summed E-state index contributed by atoms with van der Waals surface area (Å²) in [6.07, 6.45) is -1.61. The molecule has 118 valence electrons. The highest BCUT2D eigenvalue weighted by atomic mass is 19.4. The molecule has 0 aromatic carbocycles. The van der Waals surface area contributed by atoms with E-state index in [0.29, 0.717) is 12.3 Å². The molecule has 1 fully saturated rings. The van der Waals surface area contributed by atoms with Gasteiger partial charge in [0.05, 0.1) is 0 Å². The van der Waals surface area contributed by atoms with Crippen molar-refractivity contribution in [3.63, 3.8) is 0 Å². The van der Waals surface area contributed by atoms with Crippen LogP contribution < -0.4 is 5.73 Å². The number of nitrogens with two attached hydrogens (primary N) is 1. The summed E-state index contributed by atoms with van der Waals surface area (Å²) >= 11 is 0. The Hall–Kier alpha value is -0.820. The fraction of sp³-hybridized carbons (Fsp3) is 0.923. The van der Waals surface area contributed by atoms with E-state index in [1.54, 1.807) is 0 Å². The van der Waals surface area contributed by atoms with Gasteiger partial charge in [0.25, 0.3) is 0 Å². The molecule has 1 saturated carbocycles. The van der Waals surface area contributed by atoms with Crippen molar-refractivity contribution in [2.75, 3.05) is 0 Å². The van der Waals surface area contributed by atoms with E-state index in [-0.39, 0.29) is 0 Å². The van der Waals surface area contributed by atoms with Crippen LogP contribution in [0.3, 0.4) is 0 Å². The third-order valence-corrected chi connectivity index (χ3v) is 3.77. The lowest BCUT2D eigenvalue weighted by Crippen LogP contribution is -2.46. The molecule has 7 heteroatoms. The van der Waals surface area contributed by atoms with E-state index in [0.717, 1.165) is 25.7 Å². The molecule has 3 N–H and O–H groups in total. The van der Waals surface area contributed by atoms with Gasteiger partial charge in [-0.1, -0.05) is 32.1 Å². The van der Waals surface area contributed by atoms with E-state index in [1.165, 1.54) is 13.3 Å². The van der Waals surface area contributed by atoms with Gasteiger partial charge in [0.15, 0.2) is 0 Å². The summed E-state index contributed by atoms with van der Waals surface area (Å²) in [7, 11) is 0. The minimum absolute atomic E-state index is 0.388. The summed E-state index contributed by atoms with van der Waals surface area (Å²) in [5.74, 6) is -1.91. The second kappa shape index (κ2) is 7.26. The van der Waals surface area contributed by atoms with Gasteiger partial charge >= 0.3 is 12.1 Å². The molecular weight excluding hydrogens is 275 g/mol. The molecule has 1 aliphatic carbocycles. The fourth-order valence-corrected chi connectivity index (χ4v) is 2.60. The van der Waals surface area contributed by atoms with Crippen LogP contribution in [0.15, 0.2) is 0 Å². The topological polar surface area (TPSA) is 72.5 Å². The Morgan fingerprint density at radius 3 is 2.40 bits per heavy atom. The summed E-state index contributed by atoms with van der Waals surface area (Å²) in [4.78, 5) is 10.7. The predicted octanol–water partition coefficient (Wildman–Crippen LogP) is 2.14. The normalized spacial score (nSPS) is 22.1. The molecule has 0 bridgehead atoms. The Balaban J connectivity index is 2.42. The molecule has 0 aromatic heterocycles. The zero-order valence-electron chi connectivity index (χ0n) is 11.5. The van der Waals surface area contributed by atoms with Crippen molar-refractivity contribution in [1.82, 2.24) is 0 Å². The van der Waals surface area contributed by atoms with Crippen LogP contribution in [0.1, 0.15) is 45.4 Å². The van der Waals surface area contributed by atoms with Crippen LogP contribution in [-0.2, 0) is 9.53 Å². The first-order valence-corrected chi connectivity index (χ1v) is 6.93. The van der Waals surface area contributed by atoms with Crippen LogP contribution >= 0.6 is 0 Å². The molecule has 3 unspecified atom stereocenters. The number of hydrogen-bond acceptors (Lipinski definition) is 4. The second-order valence-corrected chi connectivity index (χ2v) is 5.50. The zero-order chi connectivity index (χ0) is 15.3. The average molecular weight is 297 g/mol. The molecule has 0 aromatic rings. The number of carbonyl (C=O) groups excluding carboxylic acids is 1. The predicted molar refractivity (Wildman–Crippen MR) is 66.8 cm³/mol. The lowest BCUT2D eigenvalue weighted by atomic mass is 9.83. The van der Waals surface area contributed by atoms with Gasteiger partial charge in [0, 0.05) is 6.04 Å². The SMILES string of the molecule is CC(OC(=O)C(F)(F)F)C(O)C(N)CC1CCCCC1. The van der Waals surface area contributed by atoms with E-state index in [9.17, 15) is 23.1 Å². The van der Waals surface area contributed by atoms with Gasteiger partial charge in [-0.25, -0.2) is 4.79 Å². The smallest absolute Gasteiger partial charge is 0.453 e. The van der Waals surface area contributed by atoms with E-state index in [1.807, 2.05) is 0 Å². The van der Waals surface area contributed by atoms with Gasteiger partial charge in [0.2, 0.25) is 0 Å². The molecule has 0 saturated heterocycles. The molecule has 1 aliphatic rings. The molecule has 0 aliphatic heterocycles. The van der Waals surface area contributed by atoms with Crippen LogP contribution in [0.2, 0.25) is 0 Å². The van der Waals surface area contributed by atoms with Crippen LogP contribution in [0.25, 0.3) is 0 Å². The number of halogens is 3. The maximum atomic E-state index is 12.1. The van der Waals surface area contributed by atoms with Crippen molar-refractivity contribution in [1.29, 1.82) is 0 Å². The number of alkyl halides is 3. The quantitative estimate of drug-likeness (QED) is 0.763. The van der Waals surface area contributed by atoms with Crippen molar-refractivity contribution in [2.45, 2.75) is 69.9 Å². The van der Waals surface area contributed by atoms with E-state index in [4.69, 9.17) is 5.73 Å². The van der Waals surface area contributed by atoms with Crippen molar-refractivity contribution in [3.8, 4) is 0 Å². The third kappa shape index (κ3) is 5.28. The summed E-state index contributed by atoms with van der Waals surface area (Å²) in [6, 6.07) is -0.686. The van der Waals surface area contributed by atoms with Gasteiger partial charge in [-0.15, -0.1) is 0 Å². The fourth-order valence-electron chi connectivity index (χ4n) is 2.60. The number of esters is 1. The Morgan fingerprint density at radius 1 is 1.35 bits per heavy atom. The van der Waals surface area contributed by atoms with Crippen molar-refractivity contribution < 1.29 is 27.8 Å². The molecule has 0 radical (unpaired) electrons. The van der Waals surface area contributed by atoms with E-state index >= 15 is 0 Å². The lowest BCUT2D eigenvalue weighted by molar-refractivity contribution is -0.208. The minimum Gasteiger partial charge on any atom is -0.453 e. The highest BCUT2D eigenvalue weighted by molar-refractivity contribution is 5.75. The Morgan fingerprint density at radius 2 is 1.90 bits per heavy atom. The van der Waals surface area contributed by atoms with Crippen molar-refractivity contribution in [2.24, 2.45) is 11.7 Å². The third-order valence-electron chi connectivity index (χ3n) is 3.77. The lowest BCUT2D eigenvalue weighted by Gasteiger charge is -2.29. The molecule has 0 heterocycles. The van der Waals surface area contributed by atoms with Crippen molar-refractivity contribution >= 4 is 5.97 Å². The van der Waals surface area contributed by atoms with Crippen molar-refractivity contribution in [3.05, 3.63) is 0 Å². The molecule has 3 atom stereocenters. The minimum atomic E-state index is -5.05. The van der Waals surface area contributed by atoms with Crippen LogP contribution in [0.5, 0.6) is 0 Å². The van der Waals surface area contributed by atoms with Gasteiger partial charge in [-0.3, -0.25) is 0 Å². The summed E-state index contributed by atoms with van der Waals surface area (Å²) in [6.45, 7) is 1.22. The first-order chi connectivity index (χ1) is 9.21. The monoisotopic (exact) mass is 297 g/mol. The van der Waals surface area contributed by atoms with Crippen LogP contribution in [-0.4, -0.2) is 35.5 Å². The highest BCUT2D eigenvalue weighted by Gasteiger charge is 2.43. The zero-order valence-corrected chi connectivity index (χ0v) is 11.5. The molecule has 0 amide bonds. The Bertz CT molecular complexity index is 316.